The first-order valence-electron chi connectivity index (χ1n) is 14.2. The number of rotatable bonds is 9. The van der Waals surface area contributed by atoms with E-state index in [0.29, 0.717) is 27.9 Å². The maximum atomic E-state index is 13.4. The van der Waals surface area contributed by atoms with Crippen molar-refractivity contribution in [2.45, 2.75) is 50.5 Å². The van der Waals surface area contributed by atoms with E-state index in [4.69, 9.17) is 27.9 Å². The standard InChI is InChI=1S/C34H38Cl2N2O2/c1-24(2)40-29-9-6-8-27(21-29)33(39)37(3)23-28(26-11-12-31(35)32(36)22-26)14-18-38-19-16-34(17-20-38)15-13-25-7-4-5-10-30(25)34/h4-13,15,21-22,24,28H,14,16-20,23H2,1-3H3/t28-/m1/s1. The molecule has 3 aromatic carbocycles. The van der Waals surface area contributed by atoms with Gasteiger partial charge in [0.05, 0.1) is 16.1 Å². The van der Waals surface area contributed by atoms with Gasteiger partial charge in [-0.2, -0.15) is 0 Å². The first-order chi connectivity index (χ1) is 19.2. The van der Waals surface area contributed by atoms with Gasteiger partial charge in [0.25, 0.3) is 5.91 Å². The number of carbonyl (C=O) groups is 1. The topological polar surface area (TPSA) is 32.8 Å². The van der Waals surface area contributed by atoms with E-state index in [1.165, 1.54) is 11.1 Å². The van der Waals surface area contributed by atoms with E-state index in [9.17, 15) is 4.79 Å². The van der Waals surface area contributed by atoms with Crippen molar-refractivity contribution in [1.82, 2.24) is 9.80 Å². The molecule has 2 aliphatic rings. The van der Waals surface area contributed by atoms with Gasteiger partial charge in [-0.1, -0.05) is 71.8 Å². The molecule has 0 saturated carbocycles. The summed E-state index contributed by atoms with van der Waals surface area (Å²) in [6.45, 7) is 7.63. The van der Waals surface area contributed by atoms with Crippen LogP contribution in [-0.4, -0.2) is 55.0 Å². The molecule has 3 aromatic rings. The Morgan fingerprint density at radius 1 is 1.00 bits per heavy atom. The lowest BCUT2D eigenvalue weighted by molar-refractivity contribution is 0.0780. The molecule has 1 saturated heterocycles. The Morgan fingerprint density at radius 2 is 1.77 bits per heavy atom. The maximum absolute atomic E-state index is 13.4. The molecule has 0 unspecified atom stereocenters. The largest absolute Gasteiger partial charge is 0.491 e. The van der Waals surface area contributed by atoms with Gasteiger partial charge in [0, 0.05) is 30.5 Å². The van der Waals surface area contributed by atoms with E-state index in [-0.39, 0.29) is 23.3 Å². The Balaban J connectivity index is 1.26. The lowest BCUT2D eigenvalue weighted by Crippen LogP contribution is -2.42. The number of allylic oxidation sites excluding steroid dienone is 1. The van der Waals surface area contributed by atoms with E-state index in [2.05, 4.69) is 41.3 Å². The van der Waals surface area contributed by atoms with Crippen molar-refractivity contribution in [2.24, 2.45) is 0 Å². The zero-order valence-corrected chi connectivity index (χ0v) is 25.1. The molecular formula is C34H38Cl2N2O2. The summed E-state index contributed by atoms with van der Waals surface area (Å²) in [6.07, 6.45) is 7.95. The molecule has 210 valence electrons. The summed E-state index contributed by atoms with van der Waals surface area (Å²) in [6, 6.07) is 22.1. The second-order valence-corrected chi connectivity index (χ2v) is 12.3. The van der Waals surface area contributed by atoms with Gasteiger partial charge < -0.3 is 14.5 Å². The SMILES string of the molecule is CC(C)Oc1cccc(C(=O)N(C)C[C@@H](CCN2CCC3(C=Cc4ccccc43)CC2)c2ccc(Cl)c(Cl)c2)c1. The molecule has 1 atom stereocenters. The molecule has 1 fully saturated rings. The highest BCUT2D eigenvalue weighted by Crippen LogP contribution is 2.43. The van der Waals surface area contributed by atoms with Crippen LogP contribution in [0.25, 0.3) is 6.08 Å². The molecule has 4 nitrogen and oxygen atoms in total. The molecule has 6 heteroatoms. The van der Waals surface area contributed by atoms with Crippen molar-refractivity contribution in [3.05, 3.63) is 105 Å². The number of halogens is 2. The Hall–Kier alpha value is -2.79. The van der Waals surface area contributed by atoms with Crippen LogP contribution in [-0.2, 0) is 5.41 Å². The van der Waals surface area contributed by atoms with E-state index in [0.717, 1.165) is 44.5 Å². The normalized spacial score (nSPS) is 16.8. The maximum Gasteiger partial charge on any atom is 0.253 e. The van der Waals surface area contributed by atoms with Crippen LogP contribution < -0.4 is 4.74 Å². The molecule has 0 radical (unpaired) electrons. The third-order valence-electron chi connectivity index (χ3n) is 8.33. The van der Waals surface area contributed by atoms with Gasteiger partial charge in [-0.05, 0) is 99.8 Å². The number of carbonyl (C=O) groups excluding carboxylic acids is 1. The number of benzene rings is 3. The van der Waals surface area contributed by atoms with Crippen LogP contribution in [0.5, 0.6) is 5.75 Å². The number of likely N-dealkylation sites (N-methyl/N-ethyl adjacent to an activating group) is 1. The highest BCUT2D eigenvalue weighted by Gasteiger charge is 2.37. The van der Waals surface area contributed by atoms with E-state index in [1.54, 1.807) is 0 Å². The lowest BCUT2D eigenvalue weighted by atomic mass is 9.74. The van der Waals surface area contributed by atoms with Crippen molar-refractivity contribution in [3.8, 4) is 5.75 Å². The van der Waals surface area contributed by atoms with Crippen molar-refractivity contribution in [2.75, 3.05) is 33.2 Å². The fourth-order valence-corrected chi connectivity index (χ4v) is 6.43. The molecule has 5 rings (SSSR count). The summed E-state index contributed by atoms with van der Waals surface area (Å²) in [7, 11) is 1.87. The van der Waals surface area contributed by atoms with Crippen LogP contribution in [0, 0.1) is 0 Å². The second kappa shape index (κ2) is 12.4. The predicted octanol–water partition coefficient (Wildman–Crippen LogP) is 8.09. The quantitative estimate of drug-likeness (QED) is 0.258. The summed E-state index contributed by atoms with van der Waals surface area (Å²) < 4.78 is 5.81. The van der Waals surface area contributed by atoms with Crippen LogP contribution in [0.15, 0.2) is 72.8 Å². The molecule has 1 amide bonds. The lowest BCUT2D eigenvalue weighted by Gasteiger charge is -2.40. The molecule has 0 N–H and O–H groups in total. The Bertz CT molecular complexity index is 1380. The van der Waals surface area contributed by atoms with E-state index < -0.39 is 0 Å². The third-order valence-corrected chi connectivity index (χ3v) is 9.07. The number of ether oxygens (including phenoxy) is 1. The van der Waals surface area contributed by atoms with Crippen LogP contribution in [0.2, 0.25) is 10.0 Å². The Labute approximate surface area is 248 Å². The molecule has 1 aliphatic carbocycles. The monoisotopic (exact) mass is 576 g/mol. The number of amides is 1. The van der Waals surface area contributed by atoms with Crippen molar-refractivity contribution >= 4 is 35.2 Å². The van der Waals surface area contributed by atoms with Gasteiger partial charge in [-0.3, -0.25) is 4.79 Å². The zero-order chi connectivity index (χ0) is 28.3. The minimum Gasteiger partial charge on any atom is -0.491 e. The first-order valence-corrected chi connectivity index (χ1v) is 15.0. The van der Waals surface area contributed by atoms with Gasteiger partial charge >= 0.3 is 0 Å². The van der Waals surface area contributed by atoms with Gasteiger partial charge in [-0.15, -0.1) is 0 Å². The first kappa shape index (κ1) is 28.7. The van der Waals surface area contributed by atoms with Crippen LogP contribution in [0.4, 0.5) is 0 Å². The van der Waals surface area contributed by atoms with E-state index in [1.807, 2.05) is 68.3 Å². The minimum absolute atomic E-state index is 0.0223. The van der Waals surface area contributed by atoms with Crippen LogP contribution in [0.1, 0.15) is 66.1 Å². The van der Waals surface area contributed by atoms with Crippen molar-refractivity contribution < 1.29 is 9.53 Å². The summed E-state index contributed by atoms with van der Waals surface area (Å²) in [5, 5.41) is 1.09. The predicted molar refractivity (Wildman–Crippen MR) is 166 cm³/mol. The smallest absolute Gasteiger partial charge is 0.253 e. The Kier molecular flexibility index (Phi) is 8.89. The van der Waals surface area contributed by atoms with Gasteiger partial charge in [0.2, 0.25) is 0 Å². The van der Waals surface area contributed by atoms with Gasteiger partial charge in [-0.25, -0.2) is 0 Å². The number of fused-ring (bicyclic) bond motifs is 2. The number of likely N-dealkylation sites (tertiary alicyclic amines) is 1. The summed E-state index contributed by atoms with van der Waals surface area (Å²) in [5.74, 6) is 0.811. The molecule has 0 aromatic heterocycles. The summed E-state index contributed by atoms with van der Waals surface area (Å²) in [5.41, 5.74) is 4.75. The fourth-order valence-electron chi connectivity index (χ4n) is 6.12. The Morgan fingerprint density at radius 3 is 2.52 bits per heavy atom. The van der Waals surface area contributed by atoms with E-state index >= 15 is 0 Å². The molecular weight excluding hydrogens is 539 g/mol. The third kappa shape index (κ3) is 6.40. The average Bonchev–Trinajstić information content (AvgIpc) is 3.30. The molecule has 1 aliphatic heterocycles. The average molecular weight is 578 g/mol. The molecule has 0 bridgehead atoms. The summed E-state index contributed by atoms with van der Waals surface area (Å²) in [4.78, 5) is 17.8. The second-order valence-electron chi connectivity index (χ2n) is 11.5. The molecule has 1 spiro atoms. The number of hydrogen-bond acceptors (Lipinski definition) is 3. The highest BCUT2D eigenvalue weighted by atomic mass is 35.5. The zero-order valence-electron chi connectivity index (χ0n) is 23.6. The van der Waals surface area contributed by atoms with Crippen LogP contribution in [0.3, 0.4) is 0 Å². The summed E-state index contributed by atoms with van der Waals surface area (Å²) >= 11 is 12.7. The van der Waals surface area contributed by atoms with Crippen molar-refractivity contribution in [1.29, 1.82) is 0 Å². The highest BCUT2D eigenvalue weighted by molar-refractivity contribution is 6.42. The number of piperidine rings is 1. The van der Waals surface area contributed by atoms with Gasteiger partial charge in [0.1, 0.15) is 5.75 Å². The fraction of sp³-hybridized carbons (Fsp3) is 0.382. The van der Waals surface area contributed by atoms with Crippen molar-refractivity contribution in [3.63, 3.8) is 0 Å². The molecule has 1 heterocycles. The minimum atomic E-state index is -0.0223. The van der Waals surface area contributed by atoms with Crippen LogP contribution >= 0.6 is 23.2 Å². The molecule has 40 heavy (non-hydrogen) atoms. The number of nitrogens with zero attached hydrogens (tertiary/aromatic N) is 2. The van der Waals surface area contributed by atoms with Gasteiger partial charge in [0.15, 0.2) is 0 Å². The number of hydrogen-bond donors (Lipinski definition) is 0.